The predicted octanol–water partition coefficient (Wildman–Crippen LogP) is 5.42. The highest BCUT2D eigenvalue weighted by atomic mass is 16.1. The maximum absolute atomic E-state index is 12.1. The number of anilines is 2. The molecule has 0 aliphatic rings. The van der Waals surface area contributed by atoms with Gasteiger partial charge in [0.25, 0.3) is 0 Å². The number of nitrogens with zero attached hydrogens (tertiary/aromatic N) is 2. The zero-order valence-electron chi connectivity index (χ0n) is 18.7. The van der Waals surface area contributed by atoms with Gasteiger partial charge in [-0.05, 0) is 49.4 Å². The summed E-state index contributed by atoms with van der Waals surface area (Å²) in [5, 5.41) is 6.48. The molecule has 0 amide bonds. The van der Waals surface area contributed by atoms with E-state index in [-0.39, 0.29) is 16.8 Å². The van der Waals surface area contributed by atoms with E-state index in [2.05, 4.69) is 65.1 Å². The Hall–Kier alpha value is -3.15. The molecule has 0 saturated heterocycles. The summed E-state index contributed by atoms with van der Waals surface area (Å²) in [4.78, 5) is 23.2. The Morgan fingerprint density at radius 1 is 0.677 bits per heavy atom. The minimum absolute atomic E-state index is 0.131. The fourth-order valence-corrected chi connectivity index (χ4v) is 3.85. The van der Waals surface area contributed by atoms with Crippen LogP contribution in [0, 0.1) is 10.8 Å². The zero-order chi connectivity index (χ0) is 23.2. The fraction of sp³-hybridized carbons (Fsp3) is 0.400. The summed E-state index contributed by atoms with van der Waals surface area (Å²) in [5.41, 5.74) is -0.741. The van der Waals surface area contributed by atoms with Crippen LogP contribution >= 0.6 is 0 Å². The number of aromatic nitrogens is 3. The monoisotopic (exact) mass is 423 g/mol. The molecule has 6 nitrogen and oxygen atoms in total. The quantitative estimate of drug-likeness (QED) is 0.275. The first-order valence-electron chi connectivity index (χ1n) is 10.5. The molecule has 0 radical (unpaired) electrons. The lowest BCUT2D eigenvalue weighted by atomic mass is 9.78. The molecule has 0 unspecified atom stereocenters. The summed E-state index contributed by atoms with van der Waals surface area (Å²) in [6.45, 7) is 24.4. The van der Waals surface area contributed by atoms with Gasteiger partial charge in [0.15, 0.2) is 0 Å². The smallest absolute Gasteiger partial charge is 0.350 e. The van der Waals surface area contributed by atoms with Gasteiger partial charge in [-0.3, -0.25) is 4.98 Å². The Labute approximate surface area is 186 Å². The van der Waals surface area contributed by atoms with Gasteiger partial charge in [0.2, 0.25) is 11.9 Å². The highest BCUT2D eigenvalue weighted by Gasteiger charge is 2.27. The molecule has 0 aliphatic heterocycles. The van der Waals surface area contributed by atoms with Crippen LogP contribution in [0.3, 0.4) is 0 Å². The van der Waals surface area contributed by atoms with Crippen molar-refractivity contribution in [3.63, 3.8) is 0 Å². The first-order valence-corrected chi connectivity index (χ1v) is 10.5. The van der Waals surface area contributed by atoms with Crippen molar-refractivity contribution in [1.29, 1.82) is 0 Å². The molecule has 168 valence electrons. The minimum atomic E-state index is -0.469. The molecule has 0 fully saturated rings. The number of allylic oxidation sites excluding steroid dienone is 6. The van der Waals surface area contributed by atoms with Gasteiger partial charge >= 0.3 is 5.69 Å². The van der Waals surface area contributed by atoms with Crippen molar-refractivity contribution >= 4 is 11.9 Å². The summed E-state index contributed by atoms with van der Waals surface area (Å²) in [6.07, 6.45) is 16.0. The van der Waals surface area contributed by atoms with Crippen LogP contribution in [-0.2, 0) is 0 Å². The standard InChI is InChI=1S/C25H37N5O/c1-7-13-24(14-8-2,15-9-3)19-26-21-28-22(30-23(31)29-21)27-20-25(16-10-4,17-11-5)18-12-6/h7-12H,1-6,13-20H2,(H3,26,27,28,29,30,31). The molecule has 3 N–H and O–H groups in total. The molecule has 0 spiro atoms. The van der Waals surface area contributed by atoms with Gasteiger partial charge in [-0.15, -0.1) is 39.5 Å². The van der Waals surface area contributed by atoms with Crippen molar-refractivity contribution in [2.75, 3.05) is 23.7 Å². The van der Waals surface area contributed by atoms with Crippen molar-refractivity contribution in [2.24, 2.45) is 10.8 Å². The van der Waals surface area contributed by atoms with Crippen LogP contribution in [0.4, 0.5) is 11.9 Å². The van der Waals surface area contributed by atoms with Gasteiger partial charge in [-0.25, -0.2) is 4.79 Å². The maximum atomic E-state index is 12.1. The van der Waals surface area contributed by atoms with Crippen LogP contribution < -0.4 is 16.3 Å². The zero-order valence-corrected chi connectivity index (χ0v) is 18.7. The topological polar surface area (TPSA) is 82.7 Å². The highest BCUT2D eigenvalue weighted by Crippen LogP contribution is 2.33. The number of H-pyrrole nitrogens is 1. The summed E-state index contributed by atoms with van der Waals surface area (Å²) >= 11 is 0. The van der Waals surface area contributed by atoms with Crippen molar-refractivity contribution in [3.8, 4) is 0 Å². The van der Waals surface area contributed by atoms with E-state index in [1.807, 2.05) is 36.5 Å². The van der Waals surface area contributed by atoms with E-state index in [0.717, 1.165) is 38.5 Å². The minimum Gasteiger partial charge on any atom is -0.355 e. The maximum Gasteiger partial charge on any atom is 0.350 e. The average molecular weight is 424 g/mol. The number of nitrogens with one attached hydrogen (secondary N) is 3. The van der Waals surface area contributed by atoms with E-state index in [0.29, 0.717) is 19.0 Å². The van der Waals surface area contributed by atoms with Crippen molar-refractivity contribution in [3.05, 3.63) is 86.4 Å². The number of rotatable bonds is 18. The molecular weight excluding hydrogens is 386 g/mol. The Morgan fingerprint density at radius 2 is 1.06 bits per heavy atom. The molecule has 1 heterocycles. The molecular formula is C25H37N5O. The Balaban J connectivity index is 3.03. The van der Waals surface area contributed by atoms with Gasteiger partial charge in [0.05, 0.1) is 0 Å². The molecule has 0 atom stereocenters. The van der Waals surface area contributed by atoms with E-state index < -0.39 is 5.69 Å². The lowest BCUT2D eigenvalue weighted by molar-refractivity contribution is 0.319. The first-order chi connectivity index (χ1) is 14.9. The van der Waals surface area contributed by atoms with Crippen molar-refractivity contribution < 1.29 is 0 Å². The van der Waals surface area contributed by atoms with Crippen LogP contribution in [0.25, 0.3) is 0 Å². The summed E-state index contributed by atoms with van der Waals surface area (Å²) in [6, 6.07) is 0. The molecule has 1 aromatic rings. The van der Waals surface area contributed by atoms with Gasteiger partial charge < -0.3 is 10.6 Å². The van der Waals surface area contributed by atoms with Crippen LogP contribution in [0.15, 0.2) is 80.7 Å². The normalized spacial score (nSPS) is 11.2. The summed E-state index contributed by atoms with van der Waals surface area (Å²) < 4.78 is 0. The van der Waals surface area contributed by atoms with Crippen molar-refractivity contribution in [2.45, 2.75) is 38.5 Å². The van der Waals surface area contributed by atoms with E-state index in [9.17, 15) is 4.79 Å². The van der Waals surface area contributed by atoms with Crippen LogP contribution in [0.5, 0.6) is 0 Å². The molecule has 0 aliphatic carbocycles. The SMILES string of the molecule is C=CCC(CC=C)(CC=C)CNc1nc(NCC(CC=C)(CC=C)CC=C)[nH]c(=O)n1. The third kappa shape index (κ3) is 8.24. The largest absolute Gasteiger partial charge is 0.355 e. The predicted molar refractivity (Wildman–Crippen MR) is 133 cm³/mol. The number of hydrogen-bond acceptors (Lipinski definition) is 5. The third-order valence-electron chi connectivity index (χ3n) is 5.37. The Bertz CT molecular complexity index is 707. The van der Waals surface area contributed by atoms with E-state index in [4.69, 9.17) is 0 Å². The fourth-order valence-electron chi connectivity index (χ4n) is 3.85. The Kier molecular flexibility index (Phi) is 11.0. The van der Waals surface area contributed by atoms with Gasteiger partial charge in [-0.2, -0.15) is 9.97 Å². The molecule has 31 heavy (non-hydrogen) atoms. The molecule has 1 rings (SSSR count). The lowest BCUT2D eigenvalue weighted by Crippen LogP contribution is -2.32. The summed E-state index contributed by atoms with van der Waals surface area (Å²) in [5.74, 6) is 0.639. The lowest BCUT2D eigenvalue weighted by Gasteiger charge is -2.32. The number of hydrogen-bond donors (Lipinski definition) is 3. The van der Waals surface area contributed by atoms with Gasteiger partial charge in [-0.1, -0.05) is 36.5 Å². The van der Waals surface area contributed by atoms with Crippen LogP contribution in [0.2, 0.25) is 0 Å². The second-order valence-corrected chi connectivity index (χ2v) is 7.99. The number of aromatic amines is 1. The van der Waals surface area contributed by atoms with Gasteiger partial charge in [0.1, 0.15) is 0 Å². The van der Waals surface area contributed by atoms with E-state index in [1.165, 1.54) is 0 Å². The second-order valence-electron chi connectivity index (χ2n) is 7.99. The molecule has 0 saturated carbocycles. The van der Waals surface area contributed by atoms with E-state index >= 15 is 0 Å². The van der Waals surface area contributed by atoms with E-state index in [1.54, 1.807) is 0 Å². The van der Waals surface area contributed by atoms with Gasteiger partial charge in [0, 0.05) is 13.1 Å². The van der Waals surface area contributed by atoms with Crippen LogP contribution in [-0.4, -0.2) is 28.0 Å². The highest BCUT2D eigenvalue weighted by molar-refractivity contribution is 5.33. The van der Waals surface area contributed by atoms with Crippen LogP contribution in [0.1, 0.15) is 38.5 Å². The second kappa shape index (κ2) is 13.2. The molecule has 6 heteroatoms. The Morgan fingerprint density at radius 3 is 1.45 bits per heavy atom. The molecule has 1 aromatic heterocycles. The summed E-state index contributed by atoms with van der Waals surface area (Å²) in [7, 11) is 0. The average Bonchev–Trinajstić information content (AvgIpc) is 2.72. The third-order valence-corrected chi connectivity index (χ3v) is 5.37. The first kappa shape index (κ1) is 25.9. The van der Waals surface area contributed by atoms with Crippen molar-refractivity contribution in [1.82, 2.24) is 15.0 Å². The molecule has 0 bridgehead atoms. The molecule has 0 aromatic carbocycles.